The van der Waals surface area contributed by atoms with Gasteiger partial charge >= 0.3 is 5.97 Å². The Labute approximate surface area is 480 Å². The Bertz CT molecular complexity index is 3340. The number of aliphatic carboxylic acids is 1. The topological polar surface area (TPSA) is 350 Å². The molecule has 22 nitrogen and oxygen atoms in total. The van der Waals surface area contributed by atoms with Crippen LogP contribution in [0.4, 0.5) is 0 Å². The summed E-state index contributed by atoms with van der Waals surface area (Å²) in [4.78, 5) is 135. The Kier molecular flexibility index (Phi) is 22.1. The number of nitrogens with one attached hydrogen (secondary N) is 9. The van der Waals surface area contributed by atoms with Crippen LogP contribution in [0.5, 0.6) is 0 Å². The van der Waals surface area contributed by atoms with Crippen LogP contribution in [0.15, 0.2) is 120 Å². The molecule has 0 spiro atoms. The largest absolute Gasteiger partial charge is 0.480 e. The van der Waals surface area contributed by atoms with Crippen molar-refractivity contribution >= 4 is 91.6 Å². The van der Waals surface area contributed by atoms with E-state index in [-0.39, 0.29) is 76.8 Å². The quantitative estimate of drug-likeness (QED) is 0.0357. The molecule has 0 bridgehead atoms. The summed E-state index contributed by atoms with van der Waals surface area (Å²) in [6.45, 7) is 3.20. The van der Waals surface area contributed by atoms with Gasteiger partial charge in [-0.3, -0.25) is 43.3 Å². The number of fused-ring (bicyclic) bond motifs is 3. The fourth-order valence-corrected chi connectivity index (χ4v) is 10.1. The van der Waals surface area contributed by atoms with E-state index in [1.165, 1.54) is 6.92 Å². The Morgan fingerprint density at radius 3 is 1.82 bits per heavy atom. The number of benzene rings is 5. The lowest BCUT2D eigenvalue weighted by Crippen LogP contribution is -2.61. The molecule has 7 atom stereocenters. The number of aromatic amines is 1. The monoisotopic (exact) mass is 1130 g/mol. The van der Waals surface area contributed by atoms with E-state index in [1.54, 1.807) is 18.3 Å². The van der Waals surface area contributed by atoms with Gasteiger partial charge in [0.15, 0.2) is 5.96 Å². The second-order valence-corrected chi connectivity index (χ2v) is 20.9. The van der Waals surface area contributed by atoms with Crippen LogP contribution in [0, 0.1) is 0 Å². The third-order valence-electron chi connectivity index (χ3n) is 14.5. The Balaban J connectivity index is 1.30. The normalized spacial score (nSPS) is 20.4. The number of nitrogens with two attached hydrogens (primary N) is 2. The highest BCUT2D eigenvalue weighted by atomic mass is 16.4. The van der Waals surface area contributed by atoms with E-state index in [9.17, 15) is 38.7 Å². The zero-order chi connectivity index (χ0) is 59.4. The first-order valence-electron chi connectivity index (χ1n) is 28.1. The molecule has 2 heterocycles. The molecule has 0 radical (unpaired) electrons. The molecule has 0 aliphatic carbocycles. The number of nitrogens with zero attached hydrogens (tertiary/aromatic N) is 1. The smallest absolute Gasteiger partial charge is 0.326 e. The van der Waals surface area contributed by atoms with Crippen molar-refractivity contribution in [2.75, 3.05) is 13.1 Å². The van der Waals surface area contributed by atoms with Crippen LogP contribution >= 0.6 is 0 Å². The summed E-state index contributed by atoms with van der Waals surface area (Å²) in [5.41, 5.74) is 13.9. The van der Waals surface area contributed by atoms with Crippen molar-refractivity contribution in [3.8, 4) is 0 Å². The van der Waals surface area contributed by atoms with Crippen LogP contribution in [0.3, 0.4) is 0 Å². The van der Waals surface area contributed by atoms with Crippen LogP contribution in [0.1, 0.15) is 88.3 Å². The molecular weight excluding hydrogens is 1060 g/mol. The van der Waals surface area contributed by atoms with Gasteiger partial charge in [0.25, 0.3) is 0 Å². The fraction of sp³-hybridized carbons (Fsp3) is 0.377. The molecule has 83 heavy (non-hydrogen) atoms. The summed E-state index contributed by atoms with van der Waals surface area (Å²) >= 11 is 0. The number of amides is 8. The number of hydrogen-bond donors (Lipinski definition) is 12. The van der Waals surface area contributed by atoms with Crippen LogP contribution in [-0.2, 0) is 62.4 Å². The van der Waals surface area contributed by atoms with E-state index in [0.717, 1.165) is 32.4 Å². The number of H-pyrrole nitrogens is 1. The van der Waals surface area contributed by atoms with Gasteiger partial charge in [-0.15, -0.1) is 0 Å². The minimum atomic E-state index is -1.61. The maximum absolute atomic E-state index is 15.2. The number of carbonyl (C=O) groups excluding carboxylic acids is 8. The fourth-order valence-electron chi connectivity index (χ4n) is 10.1. The standard InChI is InChI=1S/C61H74N12O10/c1-3-4-19-46(67-36(2)74)54(76)73-52-34-53(75)64-27-12-11-21-48(60(82)83)69-57(79)50(32-38-24-26-40-15-6-8-17-42(40)30-38)70-55(77)47(22-13-28-65-61(62)63)68-56(78)49(31-37-23-25-39-14-5-7-16-41(39)29-37)71-58(80)51(72-59(52)81)33-43-35-66-45-20-10-9-18-44(43)45/h5-10,14-18,20,23-26,29-30,35,46-52,66H,3-4,11-13,19,21-22,27-28,31-34H2,1-2H3,(H,64,75)(H,67,74)(H,68,78)(H,69,79)(H,70,77)(H,71,80)(H,72,81)(H,73,76)(H,82,83)(H4,62,63,65)/t46-,47-,48-,49+,50-,51-,52-/m0/s1. The molecule has 5 aromatic carbocycles. The first-order chi connectivity index (χ1) is 39.9. The molecule has 14 N–H and O–H groups in total. The molecule has 1 aliphatic heterocycles. The highest BCUT2D eigenvalue weighted by Gasteiger charge is 2.36. The number of unbranched alkanes of at least 4 members (excludes halogenated alkanes) is 1. The molecule has 7 rings (SSSR count). The van der Waals surface area contributed by atoms with E-state index in [1.807, 2.05) is 104 Å². The molecule has 0 unspecified atom stereocenters. The molecule has 1 saturated heterocycles. The molecule has 1 fully saturated rings. The van der Waals surface area contributed by atoms with E-state index in [2.05, 4.69) is 52.5 Å². The second kappa shape index (κ2) is 29.9. The number of rotatable bonds is 17. The lowest BCUT2D eigenvalue weighted by molar-refractivity contribution is -0.142. The number of hydrogen-bond acceptors (Lipinski definition) is 10. The second-order valence-electron chi connectivity index (χ2n) is 20.9. The van der Waals surface area contributed by atoms with Crippen molar-refractivity contribution in [1.29, 1.82) is 0 Å². The molecule has 22 heteroatoms. The SMILES string of the molecule is CCCC[C@H](NC(C)=O)C(=O)N[C@H]1CC(=O)NCCCC[C@@H](C(=O)O)NC(=O)[C@H](Cc2ccc3ccccc3c2)NC(=O)[C@H](CCCN=C(N)N)NC(=O)[C@@H](Cc2ccc3ccccc3c2)NC(=O)[C@H](Cc2c[nH]c3ccccc23)NC1=O. The van der Waals surface area contributed by atoms with Gasteiger partial charge in [-0.05, 0) is 82.8 Å². The third kappa shape index (κ3) is 18.1. The summed E-state index contributed by atoms with van der Waals surface area (Å²) in [5.74, 6) is -7.72. The summed E-state index contributed by atoms with van der Waals surface area (Å²) in [7, 11) is 0. The van der Waals surface area contributed by atoms with Gasteiger partial charge in [0.2, 0.25) is 47.3 Å². The zero-order valence-electron chi connectivity index (χ0n) is 46.6. The van der Waals surface area contributed by atoms with Crippen LogP contribution < -0.4 is 54.0 Å². The predicted octanol–water partition coefficient (Wildman–Crippen LogP) is 2.93. The highest BCUT2D eigenvalue weighted by molar-refractivity contribution is 5.99. The van der Waals surface area contributed by atoms with Gasteiger partial charge < -0.3 is 64.1 Å². The zero-order valence-corrected chi connectivity index (χ0v) is 46.6. The average Bonchev–Trinajstić information content (AvgIpc) is 3.91. The summed E-state index contributed by atoms with van der Waals surface area (Å²) < 4.78 is 0. The first-order valence-corrected chi connectivity index (χ1v) is 28.1. The van der Waals surface area contributed by atoms with E-state index < -0.39 is 102 Å². The first kappa shape index (κ1) is 61.3. The van der Waals surface area contributed by atoms with Gasteiger partial charge in [0.1, 0.15) is 42.3 Å². The number of para-hydroxylation sites is 1. The van der Waals surface area contributed by atoms with E-state index in [0.29, 0.717) is 29.5 Å². The van der Waals surface area contributed by atoms with Gasteiger partial charge in [0, 0.05) is 56.4 Å². The number of carboxylic acids is 1. The number of carboxylic acid groups (broad SMARTS) is 1. The van der Waals surface area contributed by atoms with Gasteiger partial charge in [0.05, 0.1) is 6.42 Å². The van der Waals surface area contributed by atoms with Crippen molar-refractivity contribution < 1.29 is 48.3 Å². The molecular formula is C61H74N12O10. The number of carbonyl (C=O) groups is 9. The van der Waals surface area contributed by atoms with Crippen molar-refractivity contribution in [3.63, 3.8) is 0 Å². The molecule has 1 aliphatic rings. The molecule has 1 aromatic heterocycles. The van der Waals surface area contributed by atoms with E-state index in [4.69, 9.17) is 11.5 Å². The minimum absolute atomic E-state index is 0.00284. The molecule has 438 valence electrons. The van der Waals surface area contributed by atoms with E-state index >= 15 is 9.59 Å². The average molecular weight is 1140 g/mol. The minimum Gasteiger partial charge on any atom is -0.480 e. The Morgan fingerprint density at radius 1 is 0.663 bits per heavy atom. The lowest BCUT2D eigenvalue weighted by Gasteiger charge is -2.28. The molecule has 6 aromatic rings. The van der Waals surface area contributed by atoms with Crippen LogP contribution in [-0.4, -0.2) is 125 Å². The maximum atomic E-state index is 15.2. The van der Waals surface area contributed by atoms with Crippen LogP contribution in [0.25, 0.3) is 32.4 Å². The highest BCUT2D eigenvalue weighted by Crippen LogP contribution is 2.22. The van der Waals surface area contributed by atoms with Crippen molar-refractivity contribution in [3.05, 3.63) is 132 Å². The number of aliphatic imine (C=N–C) groups is 1. The van der Waals surface area contributed by atoms with Crippen molar-refractivity contribution in [2.24, 2.45) is 16.5 Å². The Morgan fingerprint density at radius 2 is 1.22 bits per heavy atom. The number of guanidine groups is 1. The number of aromatic nitrogens is 1. The van der Waals surface area contributed by atoms with Gasteiger partial charge in [-0.1, -0.05) is 123 Å². The summed E-state index contributed by atoms with van der Waals surface area (Å²) in [6, 6.07) is 23.6. The van der Waals surface area contributed by atoms with Gasteiger partial charge in [-0.25, -0.2) is 4.79 Å². The molecule has 8 amide bonds. The third-order valence-corrected chi connectivity index (χ3v) is 14.5. The summed E-state index contributed by atoms with van der Waals surface area (Å²) in [6.07, 6.45) is 2.52. The Hall–Kier alpha value is -9.34. The summed E-state index contributed by atoms with van der Waals surface area (Å²) in [5, 5.41) is 36.5. The predicted molar refractivity (Wildman–Crippen MR) is 315 cm³/mol. The van der Waals surface area contributed by atoms with Crippen molar-refractivity contribution in [1.82, 2.24) is 47.5 Å². The molecule has 0 saturated carbocycles. The van der Waals surface area contributed by atoms with Crippen LogP contribution in [0.2, 0.25) is 0 Å². The maximum Gasteiger partial charge on any atom is 0.326 e. The lowest BCUT2D eigenvalue weighted by atomic mass is 9.98. The van der Waals surface area contributed by atoms with Crippen molar-refractivity contribution in [2.45, 2.75) is 133 Å². The van der Waals surface area contributed by atoms with Gasteiger partial charge in [-0.2, -0.15) is 0 Å².